The van der Waals surface area contributed by atoms with Crippen molar-refractivity contribution in [1.82, 2.24) is 10.6 Å². The predicted octanol–water partition coefficient (Wildman–Crippen LogP) is -0.105. The van der Waals surface area contributed by atoms with Gasteiger partial charge >= 0.3 is 0 Å². The van der Waals surface area contributed by atoms with Crippen LogP contribution in [0.5, 0.6) is 0 Å². The lowest BCUT2D eigenvalue weighted by atomic mass is 10.2. The van der Waals surface area contributed by atoms with Crippen LogP contribution < -0.4 is 16.0 Å². The Kier molecular flexibility index (Phi) is 7.23. The summed E-state index contributed by atoms with van der Waals surface area (Å²) in [7, 11) is 2.12. The number of rotatable bonds is 8. The summed E-state index contributed by atoms with van der Waals surface area (Å²) in [6.45, 7) is 9.86. The van der Waals surface area contributed by atoms with Crippen LogP contribution in [0, 0.1) is 0 Å². The first-order valence-corrected chi connectivity index (χ1v) is 5.44. The minimum atomic E-state index is 0.158. The molecule has 0 aromatic heterocycles. The van der Waals surface area contributed by atoms with Crippen LogP contribution in [-0.4, -0.2) is 32.3 Å². The standard InChI is InChI=1S/C10H25N3/c1-5-7-12-9-10(3,11-4)13-8-6-2/h11-13H,5-9H2,1-4H3/p+1. The van der Waals surface area contributed by atoms with E-state index in [9.17, 15) is 0 Å². The molecule has 0 amide bonds. The van der Waals surface area contributed by atoms with Crippen molar-refractivity contribution in [2.24, 2.45) is 0 Å². The monoisotopic (exact) mass is 188 g/mol. The maximum atomic E-state index is 3.54. The van der Waals surface area contributed by atoms with Gasteiger partial charge in [0.15, 0.2) is 5.66 Å². The normalized spacial score (nSPS) is 15.7. The van der Waals surface area contributed by atoms with E-state index in [0.29, 0.717) is 0 Å². The summed E-state index contributed by atoms with van der Waals surface area (Å²) >= 11 is 0. The third-order valence-electron chi connectivity index (χ3n) is 2.33. The first-order chi connectivity index (χ1) is 6.18. The summed E-state index contributed by atoms with van der Waals surface area (Å²) in [5, 5.41) is 9.22. The van der Waals surface area contributed by atoms with E-state index in [4.69, 9.17) is 0 Å². The van der Waals surface area contributed by atoms with Gasteiger partial charge in [0.05, 0.1) is 13.6 Å². The quantitative estimate of drug-likeness (QED) is 0.368. The van der Waals surface area contributed by atoms with E-state index in [1.165, 1.54) is 12.8 Å². The van der Waals surface area contributed by atoms with Crippen molar-refractivity contribution >= 4 is 0 Å². The highest BCUT2D eigenvalue weighted by molar-refractivity contribution is 4.71. The minimum absolute atomic E-state index is 0.158. The molecule has 0 spiro atoms. The van der Waals surface area contributed by atoms with Crippen molar-refractivity contribution in [3.05, 3.63) is 0 Å². The number of quaternary nitrogens is 1. The molecule has 0 saturated carbocycles. The highest BCUT2D eigenvalue weighted by atomic mass is 15.2. The Balaban J connectivity index is 3.67. The average molecular weight is 188 g/mol. The number of hydrogen-bond acceptors (Lipinski definition) is 2. The van der Waals surface area contributed by atoms with Gasteiger partial charge in [-0.25, -0.2) is 0 Å². The highest BCUT2D eigenvalue weighted by Crippen LogP contribution is 1.89. The van der Waals surface area contributed by atoms with Crippen molar-refractivity contribution in [2.45, 2.75) is 39.3 Å². The number of likely N-dealkylation sites (N-methyl/N-ethyl adjacent to an activating group) is 1. The molecule has 13 heavy (non-hydrogen) atoms. The summed E-state index contributed by atoms with van der Waals surface area (Å²) in [5.74, 6) is 0. The molecule has 0 aromatic rings. The van der Waals surface area contributed by atoms with Gasteiger partial charge in [-0.15, -0.1) is 0 Å². The van der Waals surface area contributed by atoms with E-state index in [0.717, 1.165) is 19.6 Å². The zero-order chi connectivity index (χ0) is 10.2. The SMILES string of the molecule is CCCNCC(C)(NCCC)[NH2+]C. The summed E-state index contributed by atoms with van der Waals surface area (Å²) in [6.07, 6.45) is 2.39. The fraction of sp³-hybridized carbons (Fsp3) is 1.00. The lowest BCUT2D eigenvalue weighted by Gasteiger charge is -2.27. The molecule has 0 aliphatic carbocycles. The van der Waals surface area contributed by atoms with Crippen LogP contribution in [0.2, 0.25) is 0 Å². The van der Waals surface area contributed by atoms with E-state index in [1.54, 1.807) is 0 Å². The molecule has 0 radical (unpaired) electrons. The van der Waals surface area contributed by atoms with E-state index in [1.807, 2.05) is 0 Å². The van der Waals surface area contributed by atoms with Crippen molar-refractivity contribution in [2.75, 3.05) is 26.7 Å². The highest BCUT2D eigenvalue weighted by Gasteiger charge is 2.23. The molecule has 0 saturated heterocycles. The van der Waals surface area contributed by atoms with E-state index in [-0.39, 0.29) is 5.66 Å². The van der Waals surface area contributed by atoms with E-state index >= 15 is 0 Å². The van der Waals surface area contributed by atoms with Crippen LogP contribution in [-0.2, 0) is 0 Å². The Morgan fingerprint density at radius 3 is 2.23 bits per heavy atom. The molecule has 80 valence electrons. The number of nitrogens with one attached hydrogen (secondary N) is 2. The second kappa shape index (κ2) is 7.30. The van der Waals surface area contributed by atoms with Gasteiger partial charge < -0.3 is 10.6 Å². The summed E-state index contributed by atoms with van der Waals surface area (Å²) < 4.78 is 0. The van der Waals surface area contributed by atoms with Crippen LogP contribution in [0.25, 0.3) is 0 Å². The molecule has 0 aliphatic rings. The zero-order valence-corrected chi connectivity index (χ0v) is 9.61. The van der Waals surface area contributed by atoms with Gasteiger partial charge in [-0.3, -0.25) is 5.32 Å². The molecule has 3 heteroatoms. The van der Waals surface area contributed by atoms with Gasteiger partial charge in [0, 0.05) is 13.5 Å². The van der Waals surface area contributed by atoms with Gasteiger partial charge in [0.1, 0.15) is 0 Å². The van der Waals surface area contributed by atoms with Crippen molar-refractivity contribution in [3.63, 3.8) is 0 Å². The molecule has 0 aromatic carbocycles. The molecular formula is C10H26N3+. The molecular weight excluding hydrogens is 162 g/mol. The lowest BCUT2D eigenvalue weighted by Crippen LogP contribution is -2.98. The maximum Gasteiger partial charge on any atom is 0.159 e. The molecule has 1 unspecified atom stereocenters. The van der Waals surface area contributed by atoms with E-state index in [2.05, 4.69) is 43.8 Å². The first-order valence-electron chi connectivity index (χ1n) is 5.44. The first kappa shape index (κ1) is 12.9. The van der Waals surface area contributed by atoms with Gasteiger partial charge in [-0.2, -0.15) is 0 Å². The Morgan fingerprint density at radius 2 is 1.77 bits per heavy atom. The van der Waals surface area contributed by atoms with E-state index < -0.39 is 0 Å². The van der Waals surface area contributed by atoms with Crippen LogP contribution in [0.3, 0.4) is 0 Å². The fourth-order valence-electron chi connectivity index (χ4n) is 1.20. The Labute approximate surface area is 82.7 Å². The minimum Gasteiger partial charge on any atom is -0.331 e. The van der Waals surface area contributed by atoms with Crippen molar-refractivity contribution < 1.29 is 5.32 Å². The van der Waals surface area contributed by atoms with Crippen LogP contribution in [0.1, 0.15) is 33.6 Å². The van der Waals surface area contributed by atoms with Gasteiger partial charge in [0.2, 0.25) is 0 Å². The molecule has 4 N–H and O–H groups in total. The van der Waals surface area contributed by atoms with Crippen LogP contribution in [0.15, 0.2) is 0 Å². The fourth-order valence-corrected chi connectivity index (χ4v) is 1.20. The molecule has 3 nitrogen and oxygen atoms in total. The number of hydrogen-bond donors (Lipinski definition) is 3. The van der Waals surface area contributed by atoms with Crippen LogP contribution in [0.4, 0.5) is 0 Å². The molecule has 0 fully saturated rings. The largest absolute Gasteiger partial charge is 0.331 e. The van der Waals surface area contributed by atoms with Gasteiger partial charge in [-0.05, 0) is 19.4 Å². The molecule has 0 bridgehead atoms. The summed E-state index contributed by atoms with van der Waals surface area (Å²) in [4.78, 5) is 0. The maximum absolute atomic E-state index is 3.54. The topological polar surface area (TPSA) is 40.7 Å². The summed E-state index contributed by atoms with van der Waals surface area (Å²) in [6, 6.07) is 0. The third kappa shape index (κ3) is 6.02. The smallest absolute Gasteiger partial charge is 0.159 e. The van der Waals surface area contributed by atoms with Crippen molar-refractivity contribution in [3.8, 4) is 0 Å². The third-order valence-corrected chi connectivity index (χ3v) is 2.33. The molecule has 0 heterocycles. The Bertz CT molecular complexity index is 117. The summed E-state index contributed by atoms with van der Waals surface area (Å²) in [5.41, 5.74) is 0.158. The second-order valence-electron chi connectivity index (χ2n) is 3.81. The van der Waals surface area contributed by atoms with Gasteiger partial charge in [-0.1, -0.05) is 13.8 Å². The Morgan fingerprint density at radius 1 is 1.15 bits per heavy atom. The average Bonchev–Trinajstić information content (AvgIpc) is 2.15. The molecule has 1 atom stereocenters. The second-order valence-corrected chi connectivity index (χ2v) is 3.81. The Hall–Kier alpha value is -0.120. The van der Waals surface area contributed by atoms with Gasteiger partial charge in [0.25, 0.3) is 0 Å². The number of nitrogens with two attached hydrogens (primary N) is 1. The zero-order valence-electron chi connectivity index (χ0n) is 9.61. The molecule has 0 rings (SSSR count). The van der Waals surface area contributed by atoms with Crippen LogP contribution >= 0.6 is 0 Å². The van der Waals surface area contributed by atoms with Crippen molar-refractivity contribution in [1.29, 1.82) is 0 Å². The molecule has 0 aliphatic heterocycles. The lowest BCUT2D eigenvalue weighted by molar-refractivity contribution is -0.704. The predicted molar refractivity (Wildman–Crippen MR) is 57.7 cm³/mol.